The molecule has 26 heavy (non-hydrogen) atoms. The molecule has 0 saturated carbocycles. The van der Waals surface area contributed by atoms with Crippen molar-refractivity contribution >= 4 is 5.91 Å². The van der Waals surface area contributed by atoms with Crippen LogP contribution in [0.3, 0.4) is 0 Å². The molecular formula is C20H31N3O3. The summed E-state index contributed by atoms with van der Waals surface area (Å²) in [7, 11) is 4.03. The first-order valence-electron chi connectivity index (χ1n) is 9.59. The Labute approximate surface area is 156 Å². The van der Waals surface area contributed by atoms with Gasteiger partial charge in [-0.3, -0.25) is 9.69 Å². The first-order valence-corrected chi connectivity index (χ1v) is 9.59. The number of carbonyl (C=O) groups is 1. The number of β-amino-alcohol motifs (C(OH)–C–C–N with tert-alkyl or cyclic N) is 1. The average Bonchev–Trinajstić information content (AvgIpc) is 3.18. The highest BCUT2D eigenvalue weighted by molar-refractivity contribution is 5.77. The van der Waals surface area contributed by atoms with Crippen LogP contribution < -0.4 is 4.74 Å². The van der Waals surface area contributed by atoms with Crippen molar-refractivity contribution in [3.05, 3.63) is 29.8 Å². The van der Waals surface area contributed by atoms with Crippen LogP contribution >= 0.6 is 0 Å². The van der Waals surface area contributed by atoms with E-state index < -0.39 is 0 Å². The largest absolute Gasteiger partial charge is 0.494 e. The lowest BCUT2D eigenvalue weighted by Crippen LogP contribution is -2.37. The Morgan fingerprint density at radius 3 is 2.62 bits per heavy atom. The van der Waals surface area contributed by atoms with Crippen LogP contribution in [-0.2, 0) is 11.3 Å². The smallest absolute Gasteiger partial charge is 0.222 e. The van der Waals surface area contributed by atoms with Gasteiger partial charge in [-0.05, 0) is 44.6 Å². The van der Waals surface area contributed by atoms with E-state index in [1.54, 1.807) is 0 Å². The summed E-state index contributed by atoms with van der Waals surface area (Å²) in [6, 6.07) is 8.40. The number of nitrogens with zero attached hydrogens (tertiary/aromatic N) is 3. The van der Waals surface area contributed by atoms with Crippen LogP contribution in [0.4, 0.5) is 0 Å². The van der Waals surface area contributed by atoms with Gasteiger partial charge in [0.2, 0.25) is 5.91 Å². The minimum atomic E-state index is -0.282. The number of aliphatic hydroxyl groups excluding tert-OH is 1. The fraction of sp³-hybridized carbons (Fsp3) is 0.650. The zero-order valence-electron chi connectivity index (χ0n) is 15.9. The molecule has 1 N–H and O–H groups in total. The van der Waals surface area contributed by atoms with Crippen LogP contribution in [0.5, 0.6) is 5.75 Å². The molecule has 2 aliphatic rings. The molecule has 1 aromatic rings. The molecule has 2 atom stereocenters. The van der Waals surface area contributed by atoms with Crippen molar-refractivity contribution in [3.8, 4) is 5.75 Å². The van der Waals surface area contributed by atoms with E-state index in [9.17, 15) is 9.90 Å². The average molecular weight is 361 g/mol. The fourth-order valence-electron chi connectivity index (χ4n) is 3.82. The molecule has 0 radical (unpaired) electrons. The van der Waals surface area contributed by atoms with Gasteiger partial charge < -0.3 is 19.6 Å². The molecule has 1 amide bonds. The van der Waals surface area contributed by atoms with Crippen LogP contribution in [-0.4, -0.2) is 84.7 Å². The molecule has 6 nitrogen and oxygen atoms in total. The highest BCUT2D eigenvalue weighted by atomic mass is 16.5. The molecule has 0 spiro atoms. The third-order valence-electron chi connectivity index (χ3n) is 5.34. The second-order valence-corrected chi connectivity index (χ2v) is 7.62. The molecule has 0 bridgehead atoms. The molecule has 144 valence electrons. The standard InChI is InChI=1S/C20H31N3O3/c1-21(2)18-14-22(15-19(18)24)13-16-6-8-17(9-7-16)26-12-4-11-23-10-3-5-20(23)25/h6-9,18-19,24H,3-5,10-15H2,1-2H3/t18-,19-/m0/s1. The van der Waals surface area contributed by atoms with E-state index in [1.165, 1.54) is 5.56 Å². The molecule has 0 aromatic heterocycles. The van der Waals surface area contributed by atoms with Gasteiger partial charge in [0.25, 0.3) is 0 Å². The number of likely N-dealkylation sites (tertiary alicyclic amines) is 2. The summed E-state index contributed by atoms with van der Waals surface area (Å²) in [5.74, 6) is 1.15. The quantitative estimate of drug-likeness (QED) is 0.705. The van der Waals surface area contributed by atoms with E-state index in [2.05, 4.69) is 21.9 Å². The van der Waals surface area contributed by atoms with Crippen LogP contribution in [0.1, 0.15) is 24.8 Å². The first-order chi connectivity index (χ1) is 12.5. The van der Waals surface area contributed by atoms with Gasteiger partial charge in [0, 0.05) is 45.2 Å². The Morgan fingerprint density at radius 1 is 1.23 bits per heavy atom. The molecule has 2 aliphatic heterocycles. The van der Waals surface area contributed by atoms with Gasteiger partial charge in [-0.1, -0.05) is 12.1 Å². The summed E-state index contributed by atoms with van der Waals surface area (Å²) in [6.07, 6.45) is 2.27. The van der Waals surface area contributed by atoms with E-state index >= 15 is 0 Å². The van der Waals surface area contributed by atoms with Gasteiger partial charge in [0.1, 0.15) is 5.75 Å². The number of benzene rings is 1. The zero-order chi connectivity index (χ0) is 18.5. The predicted octanol–water partition coefficient (Wildman–Crippen LogP) is 1.18. The number of carbonyl (C=O) groups excluding carboxylic acids is 1. The zero-order valence-corrected chi connectivity index (χ0v) is 15.9. The maximum atomic E-state index is 11.6. The lowest BCUT2D eigenvalue weighted by molar-refractivity contribution is -0.127. The van der Waals surface area contributed by atoms with Crippen molar-refractivity contribution in [3.63, 3.8) is 0 Å². The summed E-state index contributed by atoms with van der Waals surface area (Å²) in [5.41, 5.74) is 1.23. The number of likely N-dealkylation sites (N-methyl/N-ethyl adjacent to an activating group) is 1. The van der Waals surface area contributed by atoms with Crippen LogP contribution in [0.15, 0.2) is 24.3 Å². The van der Waals surface area contributed by atoms with Crippen molar-refractivity contribution in [1.29, 1.82) is 0 Å². The van der Waals surface area contributed by atoms with E-state index in [1.807, 2.05) is 31.1 Å². The number of amides is 1. The lowest BCUT2D eigenvalue weighted by atomic mass is 10.2. The molecular weight excluding hydrogens is 330 g/mol. The highest BCUT2D eigenvalue weighted by Crippen LogP contribution is 2.19. The van der Waals surface area contributed by atoms with Gasteiger partial charge in [-0.2, -0.15) is 0 Å². The molecule has 2 heterocycles. The Balaban J connectivity index is 1.39. The van der Waals surface area contributed by atoms with E-state index in [0.717, 1.165) is 51.3 Å². The van der Waals surface area contributed by atoms with Crippen molar-refractivity contribution < 1.29 is 14.6 Å². The predicted molar refractivity (Wildman–Crippen MR) is 101 cm³/mol. The summed E-state index contributed by atoms with van der Waals surface area (Å²) in [5, 5.41) is 10.1. The molecule has 3 rings (SSSR count). The molecule has 2 saturated heterocycles. The molecule has 6 heteroatoms. The first kappa shape index (κ1) is 19.1. The second kappa shape index (κ2) is 8.84. The Kier molecular flexibility index (Phi) is 6.51. The Morgan fingerprint density at radius 2 is 2.00 bits per heavy atom. The van der Waals surface area contributed by atoms with Crippen molar-refractivity contribution in [2.45, 2.75) is 38.0 Å². The fourth-order valence-corrected chi connectivity index (χ4v) is 3.82. The highest BCUT2D eigenvalue weighted by Gasteiger charge is 2.32. The van der Waals surface area contributed by atoms with Gasteiger partial charge in [0.15, 0.2) is 0 Å². The van der Waals surface area contributed by atoms with Crippen LogP contribution in [0.2, 0.25) is 0 Å². The van der Waals surface area contributed by atoms with E-state index in [4.69, 9.17) is 4.74 Å². The number of hydrogen-bond donors (Lipinski definition) is 1. The Bertz CT molecular complexity index is 590. The minimum absolute atomic E-state index is 0.208. The summed E-state index contributed by atoms with van der Waals surface area (Å²) < 4.78 is 5.79. The molecule has 2 fully saturated rings. The third kappa shape index (κ3) is 4.96. The number of rotatable bonds is 8. The molecule has 1 aromatic carbocycles. The molecule has 0 unspecified atom stereocenters. The molecule has 0 aliphatic carbocycles. The number of aliphatic hydroxyl groups is 1. The SMILES string of the molecule is CN(C)[C@H]1CN(Cc2ccc(OCCCN3CCCC3=O)cc2)C[C@@H]1O. The number of hydrogen-bond acceptors (Lipinski definition) is 5. The lowest BCUT2D eigenvalue weighted by Gasteiger charge is -2.21. The van der Waals surface area contributed by atoms with Crippen LogP contribution in [0.25, 0.3) is 0 Å². The third-order valence-corrected chi connectivity index (χ3v) is 5.34. The maximum Gasteiger partial charge on any atom is 0.222 e. The maximum absolute atomic E-state index is 11.6. The summed E-state index contributed by atoms with van der Waals surface area (Å²) in [4.78, 5) is 17.9. The van der Waals surface area contributed by atoms with Crippen molar-refractivity contribution in [2.24, 2.45) is 0 Å². The van der Waals surface area contributed by atoms with Crippen molar-refractivity contribution in [2.75, 3.05) is 46.9 Å². The van der Waals surface area contributed by atoms with Gasteiger partial charge in [-0.15, -0.1) is 0 Å². The van der Waals surface area contributed by atoms with Gasteiger partial charge in [-0.25, -0.2) is 0 Å². The Hall–Kier alpha value is -1.63. The monoisotopic (exact) mass is 361 g/mol. The summed E-state index contributed by atoms with van der Waals surface area (Å²) >= 11 is 0. The van der Waals surface area contributed by atoms with E-state index in [0.29, 0.717) is 13.0 Å². The van der Waals surface area contributed by atoms with Gasteiger partial charge >= 0.3 is 0 Å². The summed E-state index contributed by atoms with van der Waals surface area (Å²) in [6.45, 7) is 4.78. The van der Waals surface area contributed by atoms with Crippen molar-refractivity contribution in [1.82, 2.24) is 14.7 Å². The number of ether oxygens (including phenoxy) is 1. The topological polar surface area (TPSA) is 56.2 Å². The van der Waals surface area contributed by atoms with E-state index in [-0.39, 0.29) is 18.1 Å². The second-order valence-electron chi connectivity index (χ2n) is 7.62. The normalized spacial score (nSPS) is 24.0. The van der Waals surface area contributed by atoms with Gasteiger partial charge in [0.05, 0.1) is 12.7 Å². The minimum Gasteiger partial charge on any atom is -0.494 e. The van der Waals surface area contributed by atoms with Crippen LogP contribution in [0, 0.1) is 0 Å².